The van der Waals surface area contributed by atoms with Crippen LogP contribution >= 0.6 is 0 Å². The molecule has 1 amide bonds. The summed E-state index contributed by atoms with van der Waals surface area (Å²) in [6.07, 6.45) is 6.99. The fourth-order valence-electron chi connectivity index (χ4n) is 2.59. The monoisotopic (exact) mass is 340 g/mol. The number of nitrogens with zero attached hydrogens (tertiary/aromatic N) is 1. The van der Waals surface area contributed by atoms with Gasteiger partial charge in [-0.25, -0.2) is 13.1 Å². The zero-order chi connectivity index (χ0) is 16.7. The zero-order valence-corrected chi connectivity index (χ0v) is 14.2. The maximum absolute atomic E-state index is 12.1. The Hall–Kier alpha value is -1.60. The Bertz CT molecular complexity index is 615. The van der Waals surface area contributed by atoms with Gasteiger partial charge in [0.15, 0.2) is 0 Å². The highest BCUT2D eigenvalue weighted by Crippen LogP contribution is 2.17. The van der Waals surface area contributed by atoms with Gasteiger partial charge >= 0.3 is 0 Å². The number of sulfonamides is 1. The van der Waals surface area contributed by atoms with Crippen LogP contribution in [0.25, 0.3) is 6.08 Å². The van der Waals surface area contributed by atoms with Crippen LogP contribution < -0.4 is 4.72 Å². The summed E-state index contributed by atoms with van der Waals surface area (Å²) < 4.78 is 31.1. The molecule has 1 fully saturated rings. The molecule has 7 heteroatoms. The Morgan fingerprint density at radius 3 is 2.78 bits per heavy atom. The molecule has 1 aliphatic rings. The van der Waals surface area contributed by atoms with E-state index < -0.39 is 10.0 Å². The van der Waals surface area contributed by atoms with Crippen molar-refractivity contribution in [2.24, 2.45) is 5.92 Å². The minimum atomic E-state index is -3.15. The molecule has 0 radical (unpaired) electrons. The second-order valence-corrected chi connectivity index (χ2v) is 7.71. The van der Waals surface area contributed by atoms with Crippen molar-refractivity contribution >= 4 is 22.0 Å². The van der Waals surface area contributed by atoms with Gasteiger partial charge in [-0.2, -0.15) is 0 Å². The SMILES string of the molecule is CCCS(=O)(=O)NCC1CCN(C(=O)/C=C/c2ccco2)CC1. The Morgan fingerprint density at radius 1 is 1.43 bits per heavy atom. The van der Waals surface area contributed by atoms with Crippen LogP contribution in [-0.4, -0.2) is 44.6 Å². The molecule has 0 saturated carbocycles. The van der Waals surface area contributed by atoms with Crippen molar-refractivity contribution in [1.29, 1.82) is 0 Å². The van der Waals surface area contributed by atoms with Crippen molar-refractivity contribution in [2.75, 3.05) is 25.4 Å². The lowest BCUT2D eigenvalue weighted by Crippen LogP contribution is -2.41. The van der Waals surface area contributed by atoms with Gasteiger partial charge in [0.25, 0.3) is 0 Å². The number of carbonyl (C=O) groups excluding carboxylic acids is 1. The Kier molecular flexibility index (Phi) is 6.41. The van der Waals surface area contributed by atoms with Gasteiger partial charge < -0.3 is 9.32 Å². The summed E-state index contributed by atoms with van der Waals surface area (Å²) in [6.45, 7) is 3.62. The summed E-state index contributed by atoms with van der Waals surface area (Å²) in [6, 6.07) is 3.56. The third-order valence-corrected chi connectivity index (χ3v) is 5.48. The summed E-state index contributed by atoms with van der Waals surface area (Å²) in [5, 5.41) is 0. The van der Waals surface area contributed by atoms with Gasteiger partial charge in [0.05, 0.1) is 12.0 Å². The first kappa shape index (κ1) is 17.7. The third-order valence-electron chi connectivity index (χ3n) is 3.92. The van der Waals surface area contributed by atoms with E-state index in [1.165, 1.54) is 6.08 Å². The molecule has 2 heterocycles. The molecule has 0 bridgehead atoms. The average molecular weight is 340 g/mol. The number of piperidine rings is 1. The lowest BCUT2D eigenvalue weighted by molar-refractivity contribution is -0.127. The quantitative estimate of drug-likeness (QED) is 0.768. The van der Waals surface area contributed by atoms with Crippen LogP contribution in [0.2, 0.25) is 0 Å². The van der Waals surface area contributed by atoms with E-state index in [9.17, 15) is 13.2 Å². The van der Waals surface area contributed by atoms with Crippen LogP contribution in [0.3, 0.4) is 0 Å². The smallest absolute Gasteiger partial charge is 0.246 e. The van der Waals surface area contributed by atoms with Gasteiger partial charge in [-0.05, 0) is 43.4 Å². The molecule has 0 unspecified atom stereocenters. The van der Waals surface area contributed by atoms with Gasteiger partial charge in [0, 0.05) is 25.7 Å². The highest BCUT2D eigenvalue weighted by atomic mass is 32.2. The van der Waals surface area contributed by atoms with Gasteiger partial charge in [0.1, 0.15) is 5.76 Å². The van der Waals surface area contributed by atoms with E-state index in [1.54, 1.807) is 29.4 Å². The zero-order valence-electron chi connectivity index (χ0n) is 13.4. The molecule has 1 saturated heterocycles. The number of amides is 1. The highest BCUT2D eigenvalue weighted by molar-refractivity contribution is 7.89. The third kappa shape index (κ3) is 5.84. The summed E-state index contributed by atoms with van der Waals surface area (Å²) in [5.74, 6) is 1.08. The van der Waals surface area contributed by atoms with Gasteiger partial charge in [-0.3, -0.25) is 4.79 Å². The van der Waals surface area contributed by atoms with Crippen molar-refractivity contribution in [3.05, 3.63) is 30.2 Å². The standard InChI is InChI=1S/C16H24N2O4S/c1-2-12-23(20,21)17-13-14-7-9-18(10-8-14)16(19)6-5-15-4-3-11-22-15/h3-6,11,14,17H,2,7-10,12-13H2,1H3/b6-5+. The second-order valence-electron chi connectivity index (χ2n) is 5.78. The predicted octanol–water partition coefficient (Wildman–Crippen LogP) is 1.86. The normalized spacial score (nSPS) is 17.0. The first-order chi connectivity index (χ1) is 11.0. The van der Waals surface area contributed by atoms with E-state index in [1.807, 2.05) is 6.92 Å². The molecule has 2 rings (SSSR count). The maximum atomic E-state index is 12.1. The molecule has 0 atom stereocenters. The Morgan fingerprint density at radius 2 is 2.17 bits per heavy atom. The molecule has 128 valence electrons. The maximum Gasteiger partial charge on any atom is 0.246 e. The number of rotatable bonds is 7. The molecule has 0 aromatic carbocycles. The van der Waals surface area contributed by atoms with Gasteiger partial charge in [-0.1, -0.05) is 6.92 Å². The summed E-state index contributed by atoms with van der Waals surface area (Å²) in [7, 11) is -3.15. The lowest BCUT2D eigenvalue weighted by atomic mass is 9.97. The van der Waals surface area contributed by atoms with E-state index in [0.717, 1.165) is 12.8 Å². The van der Waals surface area contributed by atoms with E-state index in [-0.39, 0.29) is 11.7 Å². The number of hydrogen-bond acceptors (Lipinski definition) is 4. The molecule has 0 spiro atoms. The van der Waals surface area contributed by atoms with E-state index in [2.05, 4.69) is 4.72 Å². The van der Waals surface area contributed by atoms with Crippen molar-refractivity contribution < 1.29 is 17.6 Å². The van der Waals surface area contributed by atoms with E-state index in [0.29, 0.717) is 37.7 Å². The fraction of sp³-hybridized carbons (Fsp3) is 0.562. The number of nitrogens with one attached hydrogen (secondary N) is 1. The predicted molar refractivity (Wildman–Crippen MR) is 89.1 cm³/mol. The molecule has 1 N–H and O–H groups in total. The Labute approximate surface area is 137 Å². The second kappa shape index (κ2) is 8.31. The molecular weight excluding hydrogens is 316 g/mol. The first-order valence-corrected chi connectivity index (χ1v) is 9.63. The average Bonchev–Trinajstić information content (AvgIpc) is 3.05. The highest BCUT2D eigenvalue weighted by Gasteiger charge is 2.22. The molecule has 23 heavy (non-hydrogen) atoms. The molecular formula is C16H24N2O4S. The number of likely N-dealkylation sites (tertiary alicyclic amines) is 1. The van der Waals surface area contributed by atoms with Gasteiger partial charge in [0.2, 0.25) is 15.9 Å². The molecule has 1 aromatic heterocycles. The van der Waals surface area contributed by atoms with Crippen LogP contribution in [-0.2, 0) is 14.8 Å². The van der Waals surface area contributed by atoms with E-state index in [4.69, 9.17) is 4.42 Å². The lowest BCUT2D eigenvalue weighted by Gasteiger charge is -2.31. The summed E-state index contributed by atoms with van der Waals surface area (Å²) >= 11 is 0. The van der Waals surface area contributed by atoms with Crippen LogP contribution in [0.4, 0.5) is 0 Å². The van der Waals surface area contributed by atoms with E-state index >= 15 is 0 Å². The van der Waals surface area contributed by atoms with Crippen molar-refractivity contribution in [3.8, 4) is 0 Å². The minimum Gasteiger partial charge on any atom is -0.465 e. The van der Waals surface area contributed by atoms with Crippen LogP contribution in [0, 0.1) is 5.92 Å². The topological polar surface area (TPSA) is 79.6 Å². The van der Waals surface area contributed by atoms with Gasteiger partial charge in [-0.15, -0.1) is 0 Å². The first-order valence-electron chi connectivity index (χ1n) is 7.98. The minimum absolute atomic E-state index is 0.0357. The van der Waals surface area contributed by atoms with Crippen LogP contribution in [0.5, 0.6) is 0 Å². The summed E-state index contributed by atoms with van der Waals surface area (Å²) in [5.41, 5.74) is 0. The Balaban J connectivity index is 1.74. The number of carbonyl (C=O) groups is 1. The fourth-order valence-corrected chi connectivity index (χ4v) is 3.76. The number of furan rings is 1. The number of hydrogen-bond donors (Lipinski definition) is 1. The molecule has 1 aromatic rings. The van der Waals surface area contributed by atoms with Crippen LogP contribution in [0.1, 0.15) is 31.9 Å². The molecule has 6 nitrogen and oxygen atoms in total. The summed E-state index contributed by atoms with van der Waals surface area (Å²) in [4.78, 5) is 13.9. The largest absolute Gasteiger partial charge is 0.465 e. The van der Waals surface area contributed by atoms with Crippen molar-refractivity contribution in [2.45, 2.75) is 26.2 Å². The molecule has 0 aliphatic carbocycles. The van der Waals surface area contributed by atoms with Crippen LogP contribution in [0.15, 0.2) is 28.9 Å². The van der Waals surface area contributed by atoms with Crippen molar-refractivity contribution in [1.82, 2.24) is 9.62 Å². The van der Waals surface area contributed by atoms with Crippen molar-refractivity contribution in [3.63, 3.8) is 0 Å². The molecule has 1 aliphatic heterocycles.